The van der Waals surface area contributed by atoms with Gasteiger partial charge in [-0.15, -0.1) is 0 Å². The first-order valence-corrected chi connectivity index (χ1v) is 7.32. The standard InChI is InChI=1S/C12H18N2O2S/c1-9-6-11(13)8-12(7-9)17(15,16)14-5-4-10-2-3-10/h6-8,10,14H,2-5,13H2,1H3. The van der Waals surface area contributed by atoms with E-state index < -0.39 is 10.0 Å². The first-order valence-electron chi connectivity index (χ1n) is 5.84. The van der Waals surface area contributed by atoms with E-state index in [1.165, 1.54) is 18.9 Å². The van der Waals surface area contributed by atoms with E-state index in [1.54, 1.807) is 12.1 Å². The number of nitrogens with two attached hydrogens (primary N) is 1. The predicted molar refractivity (Wildman–Crippen MR) is 68.1 cm³/mol. The molecule has 4 nitrogen and oxygen atoms in total. The molecule has 0 heterocycles. The van der Waals surface area contributed by atoms with Crippen molar-refractivity contribution in [1.82, 2.24) is 4.72 Å². The molecule has 0 aromatic heterocycles. The number of nitrogens with one attached hydrogen (secondary N) is 1. The fraction of sp³-hybridized carbons (Fsp3) is 0.500. The molecule has 94 valence electrons. The first kappa shape index (κ1) is 12.4. The minimum Gasteiger partial charge on any atom is -0.399 e. The van der Waals surface area contributed by atoms with Crippen molar-refractivity contribution in [1.29, 1.82) is 0 Å². The van der Waals surface area contributed by atoms with E-state index >= 15 is 0 Å². The Labute approximate surface area is 102 Å². The molecule has 1 aliphatic rings. The highest BCUT2D eigenvalue weighted by atomic mass is 32.2. The second kappa shape index (κ2) is 4.66. The fourth-order valence-electron chi connectivity index (χ4n) is 1.82. The molecule has 0 bridgehead atoms. The second-order valence-corrected chi connectivity index (χ2v) is 6.48. The minimum absolute atomic E-state index is 0.255. The van der Waals surface area contributed by atoms with Crippen LogP contribution >= 0.6 is 0 Å². The molecule has 0 unspecified atom stereocenters. The van der Waals surface area contributed by atoms with E-state index in [4.69, 9.17) is 5.73 Å². The Morgan fingerprint density at radius 3 is 2.65 bits per heavy atom. The van der Waals surface area contributed by atoms with Crippen molar-refractivity contribution in [3.63, 3.8) is 0 Å². The predicted octanol–water partition coefficient (Wildman–Crippen LogP) is 1.66. The van der Waals surface area contributed by atoms with Gasteiger partial charge in [0.25, 0.3) is 0 Å². The number of anilines is 1. The van der Waals surface area contributed by atoms with Crippen LogP contribution in [0.25, 0.3) is 0 Å². The molecule has 0 radical (unpaired) electrons. The molecule has 17 heavy (non-hydrogen) atoms. The number of rotatable bonds is 5. The summed E-state index contributed by atoms with van der Waals surface area (Å²) < 4.78 is 26.6. The first-order chi connectivity index (χ1) is 7.97. The maximum absolute atomic E-state index is 12.0. The van der Waals surface area contributed by atoms with E-state index in [0.717, 1.165) is 17.9 Å². The Bertz CT molecular complexity index is 487. The van der Waals surface area contributed by atoms with Crippen LogP contribution in [0, 0.1) is 12.8 Å². The van der Waals surface area contributed by atoms with E-state index in [2.05, 4.69) is 4.72 Å². The lowest BCUT2D eigenvalue weighted by Gasteiger charge is -2.08. The van der Waals surface area contributed by atoms with Crippen molar-refractivity contribution < 1.29 is 8.42 Å². The zero-order chi connectivity index (χ0) is 12.5. The Morgan fingerprint density at radius 2 is 2.06 bits per heavy atom. The van der Waals surface area contributed by atoms with Gasteiger partial charge in [-0.25, -0.2) is 13.1 Å². The molecule has 1 aromatic rings. The smallest absolute Gasteiger partial charge is 0.240 e. The van der Waals surface area contributed by atoms with Crippen molar-refractivity contribution in [2.45, 2.75) is 31.1 Å². The topological polar surface area (TPSA) is 72.2 Å². The van der Waals surface area contributed by atoms with Crippen LogP contribution in [-0.4, -0.2) is 15.0 Å². The SMILES string of the molecule is Cc1cc(N)cc(S(=O)(=O)NCCC2CC2)c1. The van der Waals surface area contributed by atoms with E-state index in [1.807, 2.05) is 6.92 Å². The summed E-state index contributed by atoms with van der Waals surface area (Å²) in [6.45, 7) is 2.35. The normalized spacial score (nSPS) is 16.1. The molecule has 5 heteroatoms. The van der Waals surface area contributed by atoms with Gasteiger partial charge in [0, 0.05) is 12.2 Å². The number of nitrogen functional groups attached to an aromatic ring is 1. The molecule has 1 aliphatic carbocycles. The lowest BCUT2D eigenvalue weighted by molar-refractivity contribution is 0.575. The maximum atomic E-state index is 12.0. The Balaban J connectivity index is 2.06. The highest BCUT2D eigenvalue weighted by Gasteiger charge is 2.22. The van der Waals surface area contributed by atoms with Gasteiger partial charge in [-0.2, -0.15) is 0 Å². The maximum Gasteiger partial charge on any atom is 0.240 e. The molecule has 2 rings (SSSR count). The minimum atomic E-state index is -3.40. The summed E-state index contributed by atoms with van der Waals surface area (Å²) in [5, 5.41) is 0. The van der Waals surface area contributed by atoms with E-state index in [9.17, 15) is 8.42 Å². The van der Waals surface area contributed by atoms with Gasteiger partial charge in [0.1, 0.15) is 0 Å². The van der Waals surface area contributed by atoms with Crippen LogP contribution in [0.1, 0.15) is 24.8 Å². The van der Waals surface area contributed by atoms with Gasteiger partial charge < -0.3 is 5.73 Å². The van der Waals surface area contributed by atoms with Gasteiger partial charge in [-0.05, 0) is 43.0 Å². The van der Waals surface area contributed by atoms with Crippen molar-refractivity contribution in [3.05, 3.63) is 23.8 Å². The van der Waals surface area contributed by atoms with Crippen LogP contribution in [-0.2, 0) is 10.0 Å². The average molecular weight is 254 g/mol. The van der Waals surface area contributed by atoms with Crippen LogP contribution < -0.4 is 10.5 Å². The summed E-state index contributed by atoms with van der Waals surface area (Å²) in [4.78, 5) is 0.255. The zero-order valence-corrected chi connectivity index (χ0v) is 10.8. The lowest BCUT2D eigenvalue weighted by Crippen LogP contribution is -2.25. The third kappa shape index (κ3) is 3.44. The summed E-state index contributed by atoms with van der Waals surface area (Å²) >= 11 is 0. The third-order valence-electron chi connectivity index (χ3n) is 2.93. The highest BCUT2D eigenvalue weighted by Crippen LogP contribution is 2.31. The molecule has 1 saturated carbocycles. The summed E-state index contributed by atoms with van der Waals surface area (Å²) in [5.74, 6) is 0.722. The Kier molecular flexibility index (Phi) is 3.40. The molecule has 3 N–H and O–H groups in total. The number of benzene rings is 1. The van der Waals surface area contributed by atoms with Gasteiger partial charge in [0.05, 0.1) is 4.90 Å². The quantitative estimate of drug-likeness (QED) is 0.785. The molecule has 1 fully saturated rings. The van der Waals surface area contributed by atoms with Crippen molar-refractivity contribution in [2.75, 3.05) is 12.3 Å². The van der Waals surface area contributed by atoms with Crippen molar-refractivity contribution >= 4 is 15.7 Å². The Morgan fingerprint density at radius 1 is 1.35 bits per heavy atom. The van der Waals surface area contributed by atoms with Gasteiger partial charge in [-0.3, -0.25) is 0 Å². The van der Waals surface area contributed by atoms with Crippen LogP contribution in [0.2, 0.25) is 0 Å². The number of aryl methyl sites for hydroxylation is 1. The average Bonchev–Trinajstić information content (AvgIpc) is 3.00. The highest BCUT2D eigenvalue weighted by molar-refractivity contribution is 7.89. The van der Waals surface area contributed by atoms with Gasteiger partial charge in [-0.1, -0.05) is 12.8 Å². The summed E-state index contributed by atoms with van der Waals surface area (Å²) in [7, 11) is -3.40. The van der Waals surface area contributed by atoms with Crippen LogP contribution in [0.3, 0.4) is 0 Å². The van der Waals surface area contributed by atoms with E-state index in [-0.39, 0.29) is 4.90 Å². The third-order valence-corrected chi connectivity index (χ3v) is 4.37. The molecule has 1 aromatic carbocycles. The molecular formula is C12H18N2O2S. The van der Waals surface area contributed by atoms with Crippen LogP contribution in [0.4, 0.5) is 5.69 Å². The molecule has 0 aliphatic heterocycles. The second-order valence-electron chi connectivity index (χ2n) is 4.71. The molecule has 0 amide bonds. The summed E-state index contributed by atoms with van der Waals surface area (Å²) in [5.41, 5.74) is 6.98. The van der Waals surface area contributed by atoms with Gasteiger partial charge in [0.15, 0.2) is 0 Å². The van der Waals surface area contributed by atoms with Crippen molar-refractivity contribution in [2.24, 2.45) is 5.92 Å². The Hall–Kier alpha value is -1.07. The molecule has 0 atom stereocenters. The molecule has 0 spiro atoms. The monoisotopic (exact) mass is 254 g/mol. The number of hydrogen-bond donors (Lipinski definition) is 2. The lowest BCUT2D eigenvalue weighted by atomic mass is 10.2. The van der Waals surface area contributed by atoms with Crippen LogP contribution in [0.15, 0.2) is 23.1 Å². The number of sulfonamides is 1. The van der Waals surface area contributed by atoms with Crippen LogP contribution in [0.5, 0.6) is 0 Å². The van der Waals surface area contributed by atoms with Crippen molar-refractivity contribution in [3.8, 4) is 0 Å². The zero-order valence-electron chi connectivity index (χ0n) is 9.94. The largest absolute Gasteiger partial charge is 0.399 e. The van der Waals surface area contributed by atoms with Gasteiger partial charge in [0.2, 0.25) is 10.0 Å². The summed E-state index contributed by atoms with van der Waals surface area (Å²) in [6, 6.07) is 4.88. The molecular weight excluding hydrogens is 236 g/mol. The summed E-state index contributed by atoms with van der Waals surface area (Å²) in [6.07, 6.45) is 3.40. The fourth-order valence-corrected chi connectivity index (χ4v) is 3.00. The number of hydrogen-bond acceptors (Lipinski definition) is 3. The van der Waals surface area contributed by atoms with E-state index in [0.29, 0.717) is 12.2 Å². The van der Waals surface area contributed by atoms with Gasteiger partial charge >= 0.3 is 0 Å². The molecule has 0 saturated heterocycles.